The lowest BCUT2D eigenvalue weighted by Crippen LogP contribution is -2.38. The van der Waals surface area contributed by atoms with Crippen LogP contribution in [0.15, 0.2) is 0 Å². The van der Waals surface area contributed by atoms with Gasteiger partial charge in [0.2, 0.25) is 11.8 Å². The van der Waals surface area contributed by atoms with Crippen LogP contribution >= 0.6 is 0 Å². The summed E-state index contributed by atoms with van der Waals surface area (Å²) in [6.07, 6.45) is 2.94. The fraction of sp³-hybridized carbons (Fsp3) is 0.750. The summed E-state index contributed by atoms with van der Waals surface area (Å²) in [5.74, 6) is -0.0485. The molecule has 0 spiro atoms. The van der Waals surface area contributed by atoms with Gasteiger partial charge in [-0.3, -0.25) is 14.4 Å². The smallest absolute Gasteiger partial charge is 0.223 e. The second-order valence-corrected chi connectivity index (χ2v) is 4.58. The second kappa shape index (κ2) is 6.37. The van der Waals surface area contributed by atoms with E-state index in [4.69, 9.17) is 0 Å². The molecule has 17 heavy (non-hydrogen) atoms. The summed E-state index contributed by atoms with van der Waals surface area (Å²) in [5, 5.41) is 5.26. The van der Waals surface area contributed by atoms with Crippen LogP contribution in [0.4, 0.5) is 0 Å². The van der Waals surface area contributed by atoms with Gasteiger partial charge in [0.05, 0.1) is 6.54 Å². The second-order valence-electron chi connectivity index (χ2n) is 4.58. The van der Waals surface area contributed by atoms with Crippen molar-refractivity contribution in [3.05, 3.63) is 0 Å². The molecule has 1 fully saturated rings. The number of nitrogens with one attached hydrogen (secondary N) is 2. The predicted molar refractivity (Wildman–Crippen MR) is 67.4 cm³/mol. The van der Waals surface area contributed by atoms with Crippen molar-refractivity contribution >= 4 is 17.6 Å². The van der Waals surface area contributed by atoms with Gasteiger partial charge in [0.15, 0.2) is 0 Å². The molecule has 2 amide bonds. The molecule has 0 saturated heterocycles. The van der Waals surface area contributed by atoms with E-state index in [0.717, 1.165) is 25.7 Å². The summed E-state index contributed by atoms with van der Waals surface area (Å²) in [4.78, 5) is 33.8. The normalized spacial score (nSPS) is 23.9. The Kier molecular flexibility index (Phi) is 5.12. The van der Waals surface area contributed by atoms with Crippen molar-refractivity contribution in [3.8, 4) is 0 Å². The van der Waals surface area contributed by atoms with Gasteiger partial charge in [-0.1, -0.05) is 0 Å². The number of ketones is 1. The van der Waals surface area contributed by atoms with Crippen molar-refractivity contribution in [1.29, 1.82) is 0 Å². The Morgan fingerprint density at radius 1 is 1.06 bits per heavy atom. The molecule has 5 heteroatoms. The van der Waals surface area contributed by atoms with Gasteiger partial charge in [0, 0.05) is 21.7 Å². The van der Waals surface area contributed by atoms with Gasteiger partial charge in [-0.15, -0.1) is 0 Å². The Hall–Kier alpha value is -1.39. The number of amides is 2. The van der Waals surface area contributed by atoms with Crippen LogP contribution in [0.25, 0.3) is 0 Å². The van der Waals surface area contributed by atoms with Crippen molar-refractivity contribution in [2.45, 2.75) is 32.6 Å². The Morgan fingerprint density at radius 2 is 1.53 bits per heavy atom. The number of carbonyl (C=O) groups is 3. The van der Waals surface area contributed by atoms with Crippen LogP contribution in [-0.4, -0.2) is 31.2 Å². The van der Waals surface area contributed by atoms with Gasteiger partial charge in [-0.25, -0.2) is 0 Å². The third-order valence-electron chi connectivity index (χ3n) is 3.23. The van der Waals surface area contributed by atoms with Crippen molar-refractivity contribution in [3.63, 3.8) is 0 Å². The topological polar surface area (TPSA) is 75.3 Å². The molecule has 0 aliphatic heterocycles. The van der Waals surface area contributed by atoms with Crippen molar-refractivity contribution in [2.24, 2.45) is 11.8 Å². The quantitative estimate of drug-likeness (QED) is 0.765. The summed E-state index contributed by atoms with van der Waals surface area (Å²) in [6, 6.07) is 0. The van der Waals surface area contributed by atoms with Crippen LogP contribution in [0.3, 0.4) is 0 Å². The Balaban J connectivity index is 0. The first kappa shape index (κ1) is 13.7. The number of carbonyl (C=O) groups excluding carboxylic acids is 3. The van der Waals surface area contributed by atoms with Gasteiger partial charge in [-0.05, 0) is 32.6 Å². The zero-order chi connectivity index (χ0) is 12.8. The molecule has 1 aliphatic carbocycles. The SMILES string of the molecule is CNC(=O)C1CCC(C(=O)NCC(C)=O)CC1.[HH].[HH]. The zero-order valence-electron chi connectivity index (χ0n) is 10.4. The van der Waals surface area contributed by atoms with Gasteiger partial charge < -0.3 is 10.6 Å². The van der Waals surface area contributed by atoms with Gasteiger partial charge in [-0.2, -0.15) is 0 Å². The molecule has 0 aromatic carbocycles. The van der Waals surface area contributed by atoms with E-state index in [-0.39, 0.29) is 38.8 Å². The maximum atomic E-state index is 11.7. The van der Waals surface area contributed by atoms with E-state index in [9.17, 15) is 14.4 Å². The first-order chi connectivity index (χ1) is 8.04. The predicted octanol–water partition coefficient (Wildman–Crippen LogP) is 0.736. The minimum absolute atomic E-state index is 0. The molecule has 0 unspecified atom stereocenters. The molecule has 1 saturated carbocycles. The molecule has 0 aromatic heterocycles. The van der Waals surface area contributed by atoms with Gasteiger partial charge in [0.1, 0.15) is 5.78 Å². The molecule has 0 heterocycles. The van der Waals surface area contributed by atoms with E-state index in [0.29, 0.717) is 0 Å². The summed E-state index contributed by atoms with van der Waals surface area (Å²) in [7, 11) is 1.63. The Labute approximate surface area is 104 Å². The van der Waals surface area contributed by atoms with Crippen molar-refractivity contribution in [1.82, 2.24) is 10.6 Å². The number of Topliss-reactive ketones (excluding diaryl/α,β-unsaturated/α-hetero) is 1. The average molecular weight is 244 g/mol. The van der Waals surface area contributed by atoms with E-state index >= 15 is 0 Å². The standard InChI is InChI=1S/C12H20N2O3.2H2/c1-8(15)7-14-12(17)10-5-3-9(4-6-10)11(16)13-2;;/h9-10H,3-7H2,1-2H3,(H,13,16)(H,14,17);2*1H. The van der Waals surface area contributed by atoms with E-state index < -0.39 is 0 Å². The average Bonchev–Trinajstić information content (AvgIpc) is 2.35. The van der Waals surface area contributed by atoms with Crippen LogP contribution in [0.5, 0.6) is 0 Å². The molecule has 2 N–H and O–H groups in total. The molecule has 0 bridgehead atoms. The molecule has 100 valence electrons. The fourth-order valence-electron chi connectivity index (χ4n) is 2.18. The third kappa shape index (κ3) is 4.17. The highest BCUT2D eigenvalue weighted by molar-refractivity contribution is 5.86. The molecule has 5 nitrogen and oxygen atoms in total. The summed E-state index contributed by atoms with van der Waals surface area (Å²) < 4.78 is 0. The first-order valence-electron chi connectivity index (χ1n) is 6.03. The minimum atomic E-state index is -0.0597. The monoisotopic (exact) mass is 244 g/mol. The molecule has 0 atom stereocenters. The number of hydrogen-bond acceptors (Lipinski definition) is 3. The fourth-order valence-corrected chi connectivity index (χ4v) is 2.18. The van der Waals surface area contributed by atoms with Crippen LogP contribution in [0.2, 0.25) is 0 Å². The molecule has 1 rings (SSSR count). The lowest BCUT2D eigenvalue weighted by atomic mass is 9.81. The largest absolute Gasteiger partial charge is 0.359 e. The summed E-state index contributed by atoms with van der Waals surface area (Å²) in [5.41, 5.74) is 0. The molecule has 0 aromatic rings. The number of hydrogen-bond donors (Lipinski definition) is 2. The zero-order valence-corrected chi connectivity index (χ0v) is 10.4. The minimum Gasteiger partial charge on any atom is -0.359 e. The molecule has 0 radical (unpaired) electrons. The summed E-state index contributed by atoms with van der Waals surface area (Å²) >= 11 is 0. The van der Waals surface area contributed by atoms with E-state index in [1.165, 1.54) is 6.92 Å². The first-order valence-corrected chi connectivity index (χ1v) is 6.03. The molecular weight excluding hydrogens is 220 g/mol. The molecular formula is C12H24N2O3. The van der Waals surface area contributed by atoms with Gasteiger partial charge in [0.25, 0.3) is 0 Å². The summed E-state index contributed by atoms with van der Waals surface area (Å²) in [6.45, 7) is 1.55. The highest BCUT2D eigenvalue weighted by Crippen LogP contribution is 2.28. The maximum Gasteiger partial charge on any atom is 0.223 e. The highest BCUT2D eigenvalue weighted by atomic mass is 16.2. The van der Waals surface area contributed by atoms with Gasteiger partial charge >= 0.3 is 0 Å². The van der Waals surface area contributed by atoms with E-state index in [1.807, 2.05) is 0 Å². The Morgan fingerprint density at radius 3 is 1.94 bits per heavy atom. The van der Waals surface area contributed by atoms with Crippen molar-refractivity contribution in [2.75, 3.05) is 13.6 Å². The Bertz CT molecular complexity index is 316. The highest BCUT2D eigenvalue weighted by Gasteiger charge is 2.29. The maximum absolute atomic E-state index is 11.7. The lowest BCUT2D eigenvalue weighted by Gasteiger charge is -2.26. The van der Waals surface area contributed by atoms with E-state index in [2.05, 4.69) is 10.6 Å². The van der Waals surface area contributed by atoms with Crippen LogP contribution in [0, 0.1) is 11.8 Å². The van der Waals surface area contributed by atoms with E-state index in [1.54, 1.807) is 7.05 Å². The van der Waals surface area contributed by atoms with Crippen LogP contribution in [0.1, 0.15) is 35.5 Å². The lowest BCUT2D eigenvalue weighted by molar-refractivity contribution is -0.131. The van der Waals surface area contributed by atoms with Crippen LogP contribution in [-0.2, 0) is 14.4 Å². The third-order valence-corrected chi connectivity index (χ3v) is 3.23. The van der Waals surface area contributed by atoms with Crippen LogP contribution < -0.4 is 10.6 Å². The van der Waals surface area contributed by atoms with Crippen molar-refractivity contribution < 1.29 is 17.2 Å². The molecule has 1 aliphatic rings. The number of rotatable bonds is 4.